The zero-order valence-electron chi connectivity index (χ0n) is 15.0. The molecule has 0 saturated carbocycles. The molecule has 136 valence electrons. The lowest BCUT2D eigenvalue weighted by Crippen LogP contribution is -2.23. The molecule has 0 saturated heterocycles. The van der Waals surface area contributed by atoms with Crippen LogP contribution in [0.3, 0.4) is 0 Å². The molecule has 2 rings (SSSR count). The summed E-state index contributed by atoms with van der Waals surface area (Å²) in [6, 6.07) is 15.4. The molecule has 0 radical (unpaired) electrons. The van der Waals surface area contributed by atoms with Crippen LogP contribution in [0.25, 0.3) is 0 Å². The molecule has 0 atom stereocenters. The van der Waals surface area contributed by atoms with Crippen LogP contribution in [0, 0.1) is 0 Å². The maximum atomic E-state index is 5.76. The summed E-state index contributed by atoms with van der Waals surface area (Å²) in [5.41, 5.74) is 0. The predicted octanol–water partition coefficient (Wildman–Crippen LogP) is 3.53. The second-order valence-corrected chi connectivity index (χ2v) is 5.36. The Hall–Kier alpha value is -2.40. The maximum absolute atomic E-state index is 5.76. The average molecular weight is 345 g/mol. The standard InChI is InChI=1S/C20H27NO4/c1-3-23-19-10-4-5-11-20(19)25-15-13-21-12-7-14-24-18-9-6-8-17(16-18)22-2/h4-6,8-11,16,21H,3,7,12-15H2,1-2H3. The third kappa shape index (κ3) is 6.93. The van der Waals surface area contributed by atoms with E-state index in [0.717, 1.165) is 42.5 Å². The summed E-state index contributed by atoms with van der Waals surface area (Å²) in [7, 11) is 1.65. The minimum atomic E-state index is 0.598. The molecular formula is C20H27NO4. The fourth-order valence-electron chi connectivity index (χ4n) is 2.28. The summed E-state index contributed by atoms with van der Waals surface area (Å²) in [5, 5.41) is 3.35. The van der Waals surface area contributed by atoms with Gasteiger partial charge in [0.2, 0.25) is 0 Å². The smallest absolute Gasteiger partial charge is 0.161 e. The van der Waals surface area contributed by atoms with Crippen molar-refractivity contribution in [2.24, 2.45) is 0 Å². The van der Waals surface area contributed by atoms with Crippen molar-refractivity contribution in [3.8, 4) is 23.0 Å². The van der Waals surface area contributed by atoms with Crippen LogP contribution in [-0.4, -0.2) is 40.0 Å². The quantitative estimate of drug-likeness (QED) is 0.596. The minimum Gasteiger partial charge on any atom is -0.497 e. The summed E-state index contributed by atoms with van der Waals surface area (Å²) < 4.78 is 22.2. The monoisotopic (exact) mass is 345 g/mol. The number of ether oxygens (including phenoxy) is 4. The molecule has 0 aliphatic carbocycles. The van der Waals surface area contributed by atoms with Gasteiger partial charge in [-0.05, 0) is 44.2 Å². The van der Waals surface area contributed by atoms with Crippen LogP contribution < -0.4 is 24.3 Å². The number of benzene rings is 2. The zero-order valence-corrected chi connectivity index (χ0v) is 15.0. The molecule has 25 heavy (non-hydrogen) atoms. The van der Waals surface area contributed by atoms with Crippen LogP contribution in [0.15, 0.2) is 48.5 Å². The molecule has 0 heterocycles. The van der Waals surface area contributed by atoms with E-state index in [1.165, 1.54) is 0 Å². The Kier molecular flexibility index (Phi) is 8.49. The summed E-state index contributed by atoms with van der Waals surface area (Å²) >= 11 is 0. The van der Waals surface area contributed by atoms with Crippen molar-refractivity contribution < 1.29 is 18.9 Å². The maximum Gasteiger partial charge on any atom is 0.161 e. The summed E-state index contributed by atoms with van der Waals surface area (Å²) in [6.07, 6.45) is 0.923. The third-order valence-electron chi connectivity index (χ3n) is 3.49. The van der Waals surface area contributed by atoms with Crippen molar-refractivity contribution in [1.82, 2.24) is 5.32 Å². The molecule has 0 spiro atoms. The Labute approximate surface area is 149 Å². The fraction of sp³-hybridized carbons (Fsp3) is 0.400. The molecule has 0 aliphatic heterocycles. The van der Waals surface area contributed by atoms with Crippen LogP contribution in [0.5, 0.6) is 23.0 Å². The van der Waals surface area contributed by atoms with E-state index in [1.807, 2.05) is 55.5 Å². The first kappa shape index (κ1) is 18.9. The van der Waals surface area contributed by atoms with Crippen molar-refractivity contribution in [1.29, 1.82) is 0 Å². The van der Waals surface area contributed by atoms with Crippen molar-refractivity contribution in [2.45, 2.75) is 13.3 Å². The highest BCUT2D eigenvalue weighted by Crippen LogP contribution is 2.26. The molecule has 2 aromatic carbocycles. The molecular weight excluding hydrogens is 318 g/mol. The minimum absolute atomic E-state index is 0.598. The van der Waals surface area contributed by atoms with Gasteiger partial charge in [-0.15, -0.1) is 0 Å². The van der Waals surface area contributed by atoms with Crippen LogP contribution in [0.4, 0.5) is 0 Å². The third-order valence-corrected chi connectivity index (χ3v) is 3.49. The lowest BCUT2D eigenvalue weighted by atomic mass is 10.3. The van der Waals surface area contributed by atoms with Gasteiger partial charge in [-0.2, -0.15) is 0 Å². The van der Waals surface area contributed by atoms with E-state index >= 15 is 0 Å². The van der Waals surface area contributed by atoms with E-state index in [4.69, 9.17) is 18.9 Å². The number of para-hydroxylation sites is 2. The van der Waals surface area contributed by atoms with E-state index in [-0.39, 0.29) is 0 Å². The Morgan fingerprint density at radius 2 is 1.56 bits per heavy atom. The van der Waals surface area contributed by atoms with Gasteiger partial charge in [0.1, 0.15) is 18.1 Å². The van der Waals surface area contributed by atoms with Crippen molar-refractivity contribution in [2.75, 3.05) is 40.0 Å². The number of nitrogens with one attached hydrogen (secondary N) is 1. The Balaban J connectivity index is 1.55. The van der Waals surface area contributed by atoms with Crippen molar-refractivity contribution in [3.05, 3.63) is 48.5 Å². The molecule has 2 aromatic rings. The lowest BCUT2D eigenvalue weighted by Gasteiger charge is -2.12. The number of hydrogen-bond donors (Lipinski definition) is 1. The van der Waals surface area contributed by atoms with Gasteiger partial charge in [0.25, 0.3) is 0 Å². The van der Waals surface area contributed by atoms with Gasteiger partial charge in [-0.1, -0.05) is 18.2 Å². The van der Waals surface area contributed by atoms with Gasteiger partial charge in [0.05, 0.1) is 20.3 Å². The van der Waals surface area contributed by atoms with E-state index in [9.17, 15) is 0 Å². The molecule has 0 aliphatic rings. The van der Waals surface area contributed by atoms with Gasteiger partial charge in [-0.3, -0.25) is 0 Å². The highest BCUT2D eigenvalue weighted by molar-refractivity contribution is 5.39. The molecule has 0 bridgehead atoms. The summed E-state index contributed by atoms with van der Waals surface area (Å²) in [6.45, 7) is 5.51. The molecule has 0 amide bonds. The summed E-state index contributed by atoms with van der Waals surface area (Å²) in [4.78, 5) is 0. The molecule has 0 fully saturated rings. The Morgan fingerprint density at radius 3 is 2.32 bits per heavy atom. The van der Waals surface area contributed by atoms with Gasteiger partial charge in [0.15, 0.2) is 11.5 Å². The second-order valence-electron chi connectivity index (χ2n) is 5.36. The van der Waals surface area contributed by atoms with E-state index < -0.39 is 0 Å². The predicted molar refractivity (Wildman–Crippen MR) is 99.1 cm³/mol. The van der Waals surface area contributed by atoms with E-state index in [0.29, 0.717) is 19.8 Å². The Bertz CT molecular complexity index is 618. The molecule has 5 heteroatoms. The van der Waals surface area contributed by atoms with E-state index in [1.54, 1.807) is 7.11 Å². The van der Waals surface area contributed by atoms with Gasteiger partial charge >= 0.3 is 0 Å². The zero-order chi connectivity index (χ0) is 17.7. The van der Waals surface area contributed by atoms with Crippen LogP contribution in [-0.2, 0) is 0 Å². The number of rotatable bonds is 12. The summed E-state index contributed by atoms with van der Waals surface area (Å²) in [5.74, 6) is 3.21. The number of hydrogen-bond acceptors (Lipinski definition) is 5. The first-order chi connectivity index (χ1) is 12.3. The topological polar surface area (TPSA) is 49.0 Å². The van der Waals surface area contributed by atoms with Gasteiger partial charge in [-0.25, -0.2) is 0 Å². The van der Waals surface area contributed by atoms with Crippen molar-refractivity contribution in [3.63, 3.8) is 0 Å². The van der Waals surface area contributed by atoms with Crippen molar-refractivity contribution >= 4 is 0 Å². The molecule has 1 N–H and O–H groups in total. The fourth-order valence-corrected chi connectivity index (χ4v) is 2.28. The average Bonchev–Trinajstić information content (AvgIpc) is 2.65. The normalized spacial score (nSPS) is 10.3. The molecule has 5 nitrogen and oxygen atoms in total. The van der Waals surface area contributed by atoms with Crippen LogP contribution >= 0.6 is 0 Å². The number of methoxy groups -OCH3 is 1. The molecule has 0 unspecified atom stereocenters. The molecule has 0 aromatic heterocycles. The van der Waals surface area contributed by atoms with Crippen LogP contribution in [0.2, 0.25) is 0 Å². The first-order valence-electron chi connectivity index (χ1n) is 8.65. The van der Waals surface area contributed by atoms with E-state index in [2.05, 4.69) is 5.32 Å². The van der Waals surface area contributed by atoms with Crippen LogP contribution in [0.1, 0.15) is 13.3 Å². The van der Waals surface area contributed by atoms with Gasteiger partial charge < -0.3 is 24.3 Å². The highest BCUT2D eigenvalue weighted by Gasteiger charge is 2.02. The SMILES string of the molecule is CCOc1ccccc1OCCNCCCOc1cccc(OC)c1. The first-order valence-corrected chi connectivity index (χ1v) is 8.65. The Morgan fingerprint density at radius 1 is 0.800 bits per heavy atom. The lowest BCUT2D eigenvalue weighted by molar-refractivity contribution is 0.272. The van der Waals surface area contributed by atoms with Gasteiger partial charge in [0, 0.05) is 12.6 Å². The largest absolute Gasteiger partial charge is 0.497 e. The second kappa shape index (κ2) is 11.2. The highest BCUT2D eigenvalue weighted by atomic mass is 16.5.